The van der Waals surface area contributed by atoms with Crippen molar-refractivity contribution in [1.82, 2.24) is 9.88 Å². The molecule has 1 heterocycles. The average Bonchev–Trinajstić information content (AvgIpc) is 2.67. The third-order valence-corrected chi connectivity index (χ3v) is 3.46. The van der Waals surface area contributed by atoms with E-state index in [-0.39, 0.29) is 0 Å². The van der Waals surface area contributed by atoms with Crippen LogP contribution in [-0.2, 0) is 13.1 Å². The van der Waals surface area contributed by atoms with E-state index in [4.69, 9.17) is 5.73 Å². The number of benzene rings is 1. The summed E-state index contributed by atoms with van der Waals surface area (Å²) in [5.41, 5.74) is 8.85. The molecule has 2 aromatic rings. The van der Waals surface area contributed by atoms with Gasteiger partial charge >= 0.3 is 0 Å². The fraction of sp³-hybridized carbons (Fsp3) is 0.308. The number of thiazole rings is 1. The molecule has 1 aromatic heterocycles. The van der Waals surface area contributed by atoms with Crippen molar-refractivity contribution in [3.63, 3.8) is 0 Å². The number of nitrogen functional groups attached to an aromatic ring is 1. The van der Waals surface area contributed by atoms with Crippen molar-refractivity contribution < 1.29 is 0 Å². The standard InChI is InChI=1S/C13H17N3S/c1-10-9-17-13(15-10)8-16(2)7-11-3-5-12(14)6-4-11/h3-6,9H,7-8,14H2,1-2H3. The zero-order valence-electron chi connectivity index (χ0n) is 10.2. The summed E-state index contributed by atoms with van der Waals surface area (Å²) in [6, 6.07) is 8.02. The molecule has 0 aliphatic carbocycles. The smallest absolute Gasteiger partial charge is 0.107 e. The summed E-state index contributed by atoms with van der Waals surface area (Å²) in [5.74, 6) is 0. The Bertz CT molecular complexity index is 476. The van der Waals surface area contributed by atoms with Crippen LogP contribution in [-0.4, -0.2) is 16.9 Å². The number of hydrogen-bond donors (Lipinski definition) is 1. The lowest BCUT2D eigenvalue weighted by Gasteiger charge is -2.15. The maximum Gasteiger partial charge on any atom is 0.107 e. The highest BCUT2D eigenvalue weighted by Gasteiger charge is 2.04. The van der Waals surface area contributed by atoms with Crippen LogP contribution >= 0.6 is 11.3 Å². The van der Waals surface area contributed by atoms with Crippen molar-refractivity contribution in [2.75, 3.05) is 12.8 Å². The lowest BCUT2D eigenvalue weighted by molar-refractivity contribution is 0.318. The van der Waals surface area contributed by atoms with E-state index in [0.29, 0.717) is 0 Å². The lowest BCUT2D eigenvalue weighted by atomic mass is 10.2. The molecule has 4 heteroatoms. The summed E-state index contributed by atoms with van der Waals surface area (Å²) in [4.78, 5) is 6.72. The number of rotatable bonds is 4. The summed E-state index contributed by atoms with van der Waals surface area (Å²) in [6.45, 7) is 3.84. The quantitative estimate of drug-likeness (QED) is 0.845. The molecule has 0 saturated carbocycles. The monoisotopic (exact) mass is 247 g/mol. The Morgan fingerprint density at radius 2 is 1.94 bits per heavy atom. The number of hydrogen-bond acceptors (Lipinski definition) is 4. The van der Waals surface area contributed by atoms with Crippen LogP contribution in [0.3, 0.4) is 0 Å². The van der Waals surface area contributed by atoms with E-state index in [1.165, 1.54) is 10.6 Å². The lowest BCUT2D eigenvalue weighted by Crippen LogP contribution is -2.17. The summed E-state index contributed by atoms with van der Waals surface area (Å²) in [5, 5.41) is 3.26. The highest BCUT2D eigenvalue weighted by Crippen LogP contribution is 2.13. The van der Waals surface area contributed by atoms with E-state index in [1.54, 1.807) is 11.3 Å². The van der Waals surface area contributed by atoms with Crippen LogP contribution in [0.25, 0.3) is 0 Å². The fourth-order valence-corrected chi connectivity index (χ4v) is 2.55. The Hall–Kier alpha value is -1.39. The summed E-state index contributed by atoms with van der Waals surface area (Å²) in [6.07, 6.45) is 0. The zero-order valence-corrected chi connectivity index (χ0v) is 11.0. The molecule has 2 N–H and O–H groups in total. The van der Waals surface area contributed by atoms with Gasteiger partial charge in [-0.25, -0.2) is 4.98 Å². The molecule has 0 saturated heterocycles. The molecule has 1 aromatic carbocycles. The number of nitrogens with zero attached hydrogens (tertiary/aromatic N) is 2. The molecule has 2 rings (SSSR count). The third kappa shape index (κ3) is 3.54. The molecule has 90 valence electrons. The zero-order chi connectivity index (χ0) is 12.3. The molecule has 0 bridgehead atoms. The minimum absolute atomic E-state index is 0.812. The second-order valence-electron chi connectivity index (χ2n) is 4.30. The predicted molar refractivity (Wildman–Crippen MR) is 72.9 cm³/mol. The SMILES string of the molecule is Cc1csc(CN(C)Cc2ccc(N)cc2)n1. The molecule has 0 spiro atoms. The van der Waals surface area contributed by atoms with Gasteiger partial charge in [-0.2, -0.15) is 0 Å². The van der Waals surface area contributed by atoms with E-state index in [1.807, 2.05) is 19.1 Å². The van der Waals surface area contributed by atoms with Gasteiger partial charge in [-0.05, 0) is 31.7 Å². The molecule has 0 amide bonds. The van der Waals surface area contributed by atoms with Gasteiger partial charge in [0.1, 0.15) is 5.01 Å². The Kier molecular flexibility index (Phi) is 3.76. The van der Waals surface area contributed by atoms with Gasteiger partial charge in [-0.15, -0.1) is 11.3 Å². The molecule has 0 atom stereocenters. The normalized spacial score (nSPS) is 11.0. The number of aryl methyl sites for hydroxylation is 1. The van der Waals surface area contributed by atoms with Gasteiger partial charge in [-0.3, -0.25) is 4.90 Å². The molecular formula is C13H17N3S. The second-order valence-corrected chi connectivity index (χ2v) is 5.24. The van der Waals surface area contributed by atoms with Crippen molar-refractivity contribution in [2.24, 2.45) is 0 Å². The van der Waals surface area contributed by atoms with E-state index < -0.39 is 0 Å². The first-order valence-electron chi connectivity index (χ1n) is 5.57. The summed E-state index contributed by atoms with van der Waals surface area (Å²) >= 11 is 1.72. The van der Waals surface area contributed by atoms with E-state index in [9.17, 15) is 0 Å². The van der Waals surface area contributed by atoms with Crippen molar-refractivity contribution in [2.45, 2.75) is 20.0 Å². The summed E-state index contributed by atoms with van der Waals surface area (Å²) in [7, 11) is 2.10. The van der Waals surface area contributed by atoms with Gasteiger partial charge in [0, 0.05) is 23.3 Å². The van der Waals surface area contributed by atoms with Crippen molar-refractivity contribution in [1.29, 1.82) is 0 Å². The fourth-order valence-electron chi connectivity index (χ4n) is 1.70. The van der Waals surface area contributed by atoms with E-state index in [0.717, 1.165) is 24.5 Å². The first-order valence-corrected chi connectivity index (χ1v) is 6.45. The first kappa shape index (κ1) is 12.1. The van der Waals surface area contributed by atoms with Crippen molar-refractivity contribution in [3.8, 4) is 0 Å². The molecule has 3 nitrogen and oxygen atoms in total. The van der Waals surface area contributed by atoms with Crippen LogP contribution in [0.5, 0.6) is 0 Å². The van der Waals surface area contributed by atoms with Gasteiger partial charge < -0.3 is 5.73 Å². The van der Waals surface area contributed by atoms with Crippen LogP contribution in [0.15, 0.2) is 29.6 Å². The Labute approximate surface area is 106 Å². The Balaban J connectivity index is 1.93. The molecular weight excluding hydrogens is 230 g/mol. The van der Waals surface area contributed by atoms with Gasteiger partial charge in [0.05, 0.1) is 6.54 Å². The van der Waals surface area contributed by atoms with Gasteiger partial charge in [-0.1, -0.05) is 12.1 Å². The minimum atomic E-state index is 0.812. The Morgan fingerprint density at radius 3 is 2.53 bits per heavy atom. The predicted octanol–water partition coefficient (Wildman–Crippen LogP) is 2.67. The van der Waals surface area contributed by atoms with Crippen molar-refractivity contribution in [3.05, 3.63) is 45.9 Å². The van der Waals surface area contributed by atoms with E-state index >= 15 is 0 Å². The number of anilines is 1. The largest absolute Gasteiger partial charge is 0.399 e. The van der Waals surface area contributed by atoms with Crippen molar-refractivity contribution >= 4 is 17.0 Å². The Morgan fingerprint density at radius 1 is 1.24 bits per heavy atom. The topological polar surface area (TPSA) is 42.1 Å². The molecule has 0 aliphatic rings. The van der Waals surface area contributed by atoms with Crippen LogP contribution in [0.4, 0.5) is 5.69 Å². The number of nitrogens with two attached hydrogens (primary N) is 1. The maximum absolute atomic E-state index is 5.66. The molecule has 0 unspecified atom stereocenters. The second kappa shape index (κ2) is 5.29. The minimum Gasteiger partial charge on any atom is -0.399 e. The van der Waals surface area contributed by atoms with Crippen LogP contribution in [0.2, 0.25) is 0 Å². The van der Waals surface area contributed by atoms with Crippen LogP contribution in [0, 0.1) is 6.92 Å². The number of aromatic nitrogens is 1. The highest BCUT2D eigenvalue weighted by atomic mass is 32.1. The van der Waals surface area contributed by atoms with Gasteiger partial charge in [0.15, 0.2) is 0 Å². The third-order valence-electron chi connectivity index (χ3n) is 2.50. The first-order chi connectivity index (χ1) is 8.13. The molecule has 0 radical (unpaired) electrons. The average molecular weight is 247 g/mol. The molecule has 0 fully saturated rings. The van der Waals surface area contributed by atoms with E-state index in [2.05, 4.69) is 34.4 Å². The molecule has 17 heavy (non-hydrogen) atoms. The van der Waals surface area contributed by atoms with Crippen LogP contribution in [0.1, 0.15) is 16.3 Å². The summed E-state index contributed by atoms with van der Waals surface area (Å²) < 4.78 is 0. The van der Waals surface area contributed by atoms with Gasteiger partial charge in [0.25, 0.3) is 0 Å². The highest BCUT2D eigenvalue weighted by molar-refractivity contribution is 7.09. The van der Waals surface area contributed by atoms with Gasteiger partial charge in [0.2, 0.25) is 0 Å². The van der Waals surface area contributed by atoms with Crippen LogP contribution < -0.4 is 5.73 Å². The molecule has 0 aliphatic heterocycles. The maximum atomic E-state index is 5.66.